The van der Waals surface area contributed by atoms with Gasteiger partial charge in [0.2, 0.25) is 0 Å². The molecule has 2 rings (SSSR count). The molecule has 20 heavy (non-hydrogen) atoms. The first kappa shape index (κ1) is 14.8. The third kappa shape index (κ3) is 4.51. The maximum atomic E-state index is 11.4. The lowest BCUT2D eigenvalue weighted by Crippen LogP contribution is -2.29. The van der Waals surface area contributed by atoms with Crippen molar-refractivity contribution in [1.29, 1.82) is 0 Å². The van der Waals surface area contributed by atoms with Crippen molar-refractivity contribution in [2.45, 2.75) is 25.7 Å². The lowest BCUT2D eigenvalue weighted by Gasteiger charge is -2.24. The second kappa shape index (κ2) is 7.87. The molecule has 0 aromatic heterocycles. The minimum absolute atomic E-state index is 0.327. The topological polar surface area (TPSA) is 73.6 Å². The summed E-state index contributed by atoms with van der Waals surface area (Å²) in [5.41, 5.74) is 2.58. The first-order valence-corrected chi connectivity index (χ1v) is 7.11. The van der Waals surface area contributed by atoms with E-state index in [-0.39, 0.29) is 5.91 Å². The predicted octanol–water partition coefficient (Wildman–Crippen LogP) is 1.88. The quantitative estimate of drug-likeness (QED) is 0.329. The van der Waals surface area contributed by atoms with E-state index < -0.39 is 0 Å². The van der Waals surface area contributed by atoms with E-state index in [1.165, 1.54) is 19.3 Å². The fraction of sp³-hybridized carbons (Fsp3) is 0.533. The van der Waals surface area contributed by atoms with E-state index in [1.54, 1.807) is 18.2 Å². The molecule has 1 saturated carbocycles. The largest absolute Gasteiger partial charge is 0.491 e. The number of carbonyl (C=O) groups is 1. The van der Waals surface area contributed by atoms with Crippen LogP contribution in [0.4, 0.5) is 0 Å². The highest BCUT2D eigenvalue weighted by Gasteiger charge is 2.16. The molecule has 110 valence electrons. The molecule has 0 aliphatic heterocycles. The van der Waals surface area contributed by atoms with Crippen molar-refractivity contribution in [3.63, 3.8) is 0 Å². The van der Waals surface area contributed by atoms with Crippen molar-refractivity contribution in [2.24, 2.45) is 11.8 Å². The lowest BCUT2D eigenvalue weighted by atomic mass is 9.83. The first-order chi connectivity index (χ1) is 9.79. The molecular formula is C15H22N2O3. The maximum absolute atomic E-state index is 11.4. The van der Waals surface area contributed by atoms with Gasteiger partial charge in [-0.25, -0.2) is 5.84 Å². The third-order valence-electron chi connectivity index (χ3n) is 3.62. The van der Waals surface area contributed by atoms with Crippen LogP contribution in [0.25, 0.3) is 0 Å². The normalized spacial score (nSPS) is 14.7. The number of rotatable bonds is 8. The number of nitrogens with two attached hydrogens (primary N) is 1. The number of benzene rings is 1. The molecule has 5 heteroatoms. The highest BCUT2D eigenvalue weighted by Crippen LogP contribution is 2.29. The summed E-state index contributed by atoms with van der Waals surface area (Å²) in [6, 6.07) is 6.92. The summed E-state index contributed by atoms with van der Waals surface area (Å²) < 4.78 is 11.1. The van der Waals surface area contributed by atoms with Gasteiger partial charge in [0.1, 0.15) is 12.4 Å². The van der Waals surface area contributed by atoms with Gasteiger partial charge in [0, 0.05) is 12.2 Å². The van der Waals surface area contributed by atoms with E-state index in [4.69, 9.17) is 15.3 Å². The van der Waals surface area contributed by atoms with Gasteiger partial charge in [0.15, 0.2) is 0 Å². The van der Waals surface area contributed by atoms with Crippen molar-refractivity contribution < 1.29 is 14.3 Å². The molecule has 5 nitrogen and oxygen atoms in total. The van der Waals surface area contributed by atoms with Gasteiger partial charge in [-0.1, -0.05) is 25.3 Å². The van der Waals surface area contributed by atoms with Crippen molar-refractivity contribution in [3.05, 3.63) is 29.8 Å². The molecule has 0 heterocycles. The zero-order valence-electron chi connectivity index (χ0n) is 11.6. The van der Waals surface area contributed by atoms with Crippen molar-refractivity contribution in [1.82, 2.24) is 5.43 Å². The van der Waals surface area contributed by atoms with Gasteiger partial charge in [0.25, 0.3) is 5.91 Å². The molecular weight excluding hydrogens is 256 g/mol. The summed E-state index contributed by atoms with van der Waals surface area (Å²) in [4.78, 5) is 11.4. The average molecular weight is 278 g/mol. The molecule has 0 unspecified atom stereocenters. The highest BCUT2D eigenvalue weighted by atomic mass is 16.5. The van der Waals surface area contributed by atoms with Gasteiger partial charge < -0.3 is 9.47 Å². The number of hydrazine groups is 1. The van der Waals surface area contributed by atoms with Gasteiger partial charge in [-0.2, -0.15) is 0 Å². The van der Waals surface area contributed by atoms with Crippen LogP contribution in [0.5, 0.6) is 5.75 Å². The second-order valence-electron chi connectivity index (χ2n) is 5.05. The molecule has 0 bridgehead atoms. The first-order valence-electron chi connectivity index (χ1n) is 7.11. The van der Waals surface area contributed by atoms with Crippen molar-refractivity contribution in [3.8, 4) is 5.75 Å². The third-order valence-corrected chi connectivity index (χ3v) is 3.62. The van der Waals surface area contributed by atoms with Gasteiger partial charge in [-0.15, -0.1) is 0 Å². The van der Waals surface area contributed by atoms with Gasteiger partial charge in [-0.05, 0) is 30.5 Å². The number of ether oxygens (including phenoxy) is 2. The average Bonchev–Trinajstić information content (AvgIpc) is 2.44. The Morgan fingerprint density at radius 2 is 2.15 bits per heavy atom. The van der Waals surface area contributed by atoms with Gasteiger partial charge >= 0.3 is 0 Å². The molecule has 0 atom stereocenters. The minimum atomic E-state index is -0.327. The zero-order chi connectivity index (χ0) is 14.2. The molecule has 0 saturated heterocycles. The second-order valence-corrected chi connectivity index (χ2v) is 5.05. The van der Waals surface area contributed by atoms with E-state index in [2.05, 4.69) is 5.43 Å². The number of carbonyl (C=O) groups excluding carboxylic acids is 1. The SMILES string of the molecule is NNC(=O)c1cccc(OCCOCCC2CCC2)c1. The molecule has 0 spiro atoms. The van der Waals surface area contributed by atoms with Crippen LogP contribution in [0, 0.1) is 5.92 Å². The van der Waals surface area contributed by atoms with Crippen LogP contribution in [-0.4, -0.2) is 25.7 Å². The van der Waals surface area contributed by atoms with Crippen molar-refractivity contribution in [2.75, 3.05) is 19.8 Å². The van der Waals surface area contributed by atoms with E-state index in [9.17, 15) is 4.79 Å². The molecule has 1 aromatic carbocycles. The highest BCUT2D eigenvalue weighted by molar-refractivity contribution is 5.94. The lowest BCUT2D eigenvalue weighted by molar-refractivity contribution is 0.0812. The minimum Gasteiger partial charge on any atom is -0.491 e. The summed E-state index contributed by atoms with van der Waals surface area (Å²) in [5, 5.41) is 0. The number of nitrogens with one attached hydrogen (secondary N) is 1. The standard InChI is InChI=1S/C15H22N2O3/c16-17-15(18)13-5-2-6-14(11-13)20-10-9-19-8-7-12-3-1-4-12/h2,5-6,11-12H,1,3-4,7-10,16H2,(H,17,18). The van der Waals surface area contributed by atoms with Crippen LogP contribution in [0.1, 0.15) is 36.0 Å². The number of hydrogen-bond donors (Lipinski definition) is 2. The molecule has 1 aliphatic carbocycles. The van der Waals surface area contributed by atoms with E-state index >= 15 is 0 Å². The van der Waals surface area contributed by atoms with E-state index in [0.717, 1.165) is 18.9 Å². The Kier molecular flexibility index (Phi) is 5.83. The van der Waals surface area contributed by atoms with Crippen LogP contribution < -0.4 is 16.0 Å². The summed E-state index contributed by atoms with van der Waals surface area (Å²) in [6.45, 7) is 1.86. The molecule has 0 radical (unpaired) electrons. The fourth-order valence-corrected chi connectivity index (χ4v) is 2.16. The Hall–Kier alpha value is -1.59. The Morgan fingerprint density at radius 3 is 2.85 bits per heavy atom. The molecule has 1 fully saturated rings. The smallest absolute Gasteiger partial charge is 0.265 e. The Morgan fingerprint density at radius 1 is 1.30 bits per heavy atom. The molecule has 3 N–H and O–H groups in total. The monoisotopic (exact) mass is 278 g/mol. The van der Waals surface area contributed by atoms with E-state index in [1.807, 2.05) is 6.07 Å². The van der Waals surface area contributed by atoms with Crippen molar-refractivity contribution >= 4 is 5.91 Å². The summed E-state index contributed by atoms with van der Waals surface area (Å²) in [5.74, 6) is 6.29. The summed E-state index contributed by atoms with van der Waals surface area (Å²) >= 11 is 0. The van der Waals surface area contributed by atoms with Crippen LogP contribution in [-0.2, 0) is 4.74 Å². The zero-order valence-corrected chi connectivity index (χ0v) is 11.6. The van der Waals surface area contributed by atoms with Crippen LogP contribution >= 0.6 is 0 Å². The summed E-state index contributed by atoms with van der Waals surface area (Å²) in [6.07, 6.45) is 5.25. The number of nitrogen functional groups attached to an aromatic ring is 1. The van der Waals surface area contributed by atoms with Crippen LogP contribution in [0.2, 0.25) is 0 Å². The van der Waals surface area contributed by atoms with Gasteiger partial charge in [0.05, 0.1) is 6.61 Å². The van der Waals surface area contributed by atoms with Crippen LogP contribution in [0.3, 0.4) is 0 Å². The molecule has 1 aromatic rings. The molecule has 1 aliphatic rings. The Bertz CT molecular complexity index is 433. The van der Waals surface area contributed by atoms with E-state index in [0.29, 0.717) is 24.5 Å². The summed E-state index contributed by atoms with van der Waals surface area (Å²) in [7, 11) is 0. The Balaban J connectivity index is 1.62. The fourth-order valence-electron chi connectivity index (χ4n) is 2.16. The number of hydrogen-bond acceptors (Lipinski definition) is 4. The predicted molar refractivity (Wildman–Crippen MR) is 76.4 cm³/mol. The van der Waals surface area contributed by atoms with Crippen LogP contribution in [0.15, 0.2) is 24.3 Å². The van der Waals surface area contributed by atoms with Gasteiger partial charge in [-0.3, -0.25) is 10.2 Å². The maximum Gasteiger partial charge on any atom is 0.265 e. The number of amides is 1. The molecule has 1 amide bonds. The Labute approximate surface area is 119 Å².